The van der Waals surface area contributed by atoms with Crippen LogP contribution >= 0.6 is 45.2 Å². The van der Waals surface area contributed by atoms with Gasteiger partial charge >= 0.3 is 17.9 Å². The number of ether oxygens (including phenoxy) is 3. The molecule has 8 heteroatoms. The van der Waals surface area contributed by atoms with E-state index in [0.717, 1.165) is 28.7 Å². The zero-order valence-corrected chi connectivity index (χ0v) is 22.9. The largest absolute Gasteiger partial charge is 0.458 e. The van der Waals surface area contributed by atoms with Gasteiger partial charge in [0.25, 0.3) is 0 Å². The lowest BCUT2D eigenvalue weighted by Crippen LogP contribution is -2.30. The molecule has 4 rings (SSSR count). The highest BCUT2D eigenvalue weighted by molar-refractivity contribution is 14.1. The average molecular weight is 694 g/mol. The van der Waals surface area contributed by atoms with Gasteiger partial charge in [-0.05, 0) is 78.9 Å². The third-order valence-corrected chi connectivity index (χ3v) is 7.62. The van der Waals surface area contributed by atoms with Gasteiger partial charge in [0, 0.05) is 14.1 Å². The summed E-state index contributed by atoms with van der Waals surface area (Å²) in [5, 5.41) is 3.92. The lowest BCUT2D eigenvalue weighted by Gasteiger charge is -2.18. The number of halogens is 2. The van der Waals surface area contributed by atoms with Crippen LogP contribution in [0.5, 0.6) is 0 Å². The van der Waals surface area contributed by atoms with E-state index in [0.29, 0.717) is 11.1 Å². The van der Waals surface area contributed by atoms with E-state index in [1.165, 1.54) is 6.92 Å². The van der Waals surface area contributed by atoms with Crippen molar-refractivity contribution in [2.24, 2.45) is 0 Å². The molecule has 0 aliphatic carbocycles. The van der Waals surface area contributed by atoms with Gasteiger partial charge in [-0.3, -0.25) is 4.79 Å². The fraction of sp³-hybridized carbons (Fsp3) is 0.148. The third kappa shape index (κ3) is 5.92. The summed E-state index contributed by atoms with van der Waals surface area (Å²) in [5.74, 6) is -1.66. The smallest absolute Gasteiger partial charge is 0.339 e. The molecule has 0 spiro atoms. The molecule has 35 heavy (non-hydrogen) atoms. The SMILES string of the molecule is CC(=O)OC(COC(=O)c1ccc2ccccc2c1I)COC(=O)c1ccc2ccccc2c1I. The molecular weight excluding hydrogens is 674 g/mol. The van der Waals surface area contributed by atoms with Gasteiger partial charge in [0.1, 0.15) is 13.2 Å². The van der Waals surface area contributed by atoms with Crippen molar-refractivity contribution in [3.05, 3.63) is 91.1 Å². The topological polar surface area (TPSA) is 78.9 Å². The van der Waals surface area contributed by atoms with Crippen LogP contribution in [-0.4, -0.2) is 37.2 Å². The summed E-state index contributed by atoms with van der Waals surface area (Å²) in [6, 6.07) is 22.6. The Bertz CT molecular complexity index is 1330. The van der Waals surface area contributed by atoms with Crippen molar-refractivity contribution in [1.82, 2.24) is 0 Å². The molecule has 0 amide bonds. The first-order valence-corrected chi connectivity index (χ1v) is 12.9. The minimum Gasteiger partial charge on any atom is -0.458 e. The Balaban J connectivity index is 1.43. The zero-order valence-electron chi connectivity index (χ0n) is 18.6. The van der Waals surface area contributed by atoms with E-state index in [-0.39, 0.29) is 13.2 Å². The van der Waals surface area contributed by atoms with Crippen LogP contribution in [0.25, 0.3) is 21.5 Å². The molecule has 4 aromatic carbocycles. The fourth-order valence-corrected chi connectivity index (χ4v) is 5.41. The summed E-state index contributed by atoms with van der Waals surface area (Å²) in [4.78, 5) is 37.1. The molecule has 0 atom stereocenters. The molecule has 0 unspecified atom stereocenters. The first-order valence-electron chi connectivity index (χ1n) is 10.7. The Morgan fingerprint density at radius 3 is 1.54 bits per heavy atom. The minimum atomic E-state index is -0.934. The van der Waals surface area contributed by atoms with Gasteiger partial charge in [0.2, 0.25) is 0 Å². The van der Waals surface area contributed by atoms with Crippen LogP contribution in [0.4, 0.5) is 0 Å². The van der Waals surface area contributed by atoms with Gasteiger partial charge in [0.15, 0.2) is 6.10 Å². The normalized spacial score (nSPS) is 11.0. The standard InChI is InChI=1S/C27H20I2O6/c1-16(30)35-19(14-33-26(31)22-12-10-17-6-2-4-8-20(17)24(22)28)15-34-27(32)23-13-11-18-7-3-5-9-21(18)25(23)29/h2-13,19H,14-15H2,1H3. The van der Waals surface area contributed by atoms with E-state index in [1.807, 2.05) is 60.7 Å². The molecular formula is C27H20I2O6. The van der Waals surface area contributed by atoms with E-state index < -0.39 is 24.0 Å². The molecule has 0 N–H and O–H groups in total. The van der Waals surface area contributed by atoms with Gasteiger partial charge in [-0.2, -0.15) is 0 Å². The van der Waals surface area contributed by atoms with Crippen molar-refractivity contribution in [2.75, 3.05) is 13.2 Å². The van der Waals surface area contributed by atoms with Gasteiger partial charge in [0.05, 0.1) is 11.1 Å². The van der Waals surface area contributed by atoms with Crippen LogP contribution in [0, 0.1) is 7.14 Å². The number of esters is 3. The summed E-state index contributed by atoms with van der Waals surface area (Å²) in [5.41, 5.74) is 0.821. The zero-order chi connectivity index (χ0) is 24.9. The first kappa shape index (κ1) is 25.4. The molecule has 0 radical (unpaired) electrons. The maximum Gasteiger partial charge on any atom is 0.339 e. The highest BCUT2D eigenvalue weighted by Crippen LogP contribution is 2.26. The van der Waals surface area contributed by atoms with Crippen molar-refractivity contribution in [3.63, 3.8) is 0 Å². The molecule has 0 aliphatic heterocycles. The maximum absolute atomic E-state index is 12.8. The van der Waals surface area contributed by atoms with Crippen molar-refractivity contribution in [3.8, 4) is 0 Å². The molecule has 4 aromatic rings. The second-order valence-electron chi connectivity index (χ2n) is 7.72. The van der Waals surface area contributed by atoms with Crippen LogP contribution in [0.3, 0.4) is 0 Å². The number of benzene rings is 4. The highest BCUT2D eigenvalue weighted by Gasteiger charge is 2.22. The van der Waals surface area contributed by atoms with Gasteiger partial charge in [-0.25, -0.2) is 9.59 Å². The van der Waals surface area contributed by atoms with Crippen LogP contribution in [0.1, 0.15) is 27.6 Å². The summed E-state index contributed by atoms with van der Waals surface area (Å²) >= 11 is 4.23. The van der Waals surface area contributed by atoms with E-state index in [2.05, 4.69) is 45.2 Å². The lowest BCUT2D eigenvalue weighted by molar-refractivity contribution is -0.151. The first-order chi connectivity index (χ1) is 16.8. The van der Waals surface area contributed by atoms with E-state index in [1.54, 1.807) is 12.1 Å². The minimum absolute atomic E-state index is 0.247. The van der Waals surface area contributed by atoms with E-state index in [9.17, 15) is 14.4 Å². The Hall–Kier alpha value is -2.73. The fourth-order valence-electron chi connectivity index (χ4n) is 3.63. The van der Waals surface area contributed by atoms with Crippen LogP contribution < -0.4 is 0 Å². The molecule has 0 saturated carbocycles. The van der Waals surface area contributed by atoms with Crippen LogP contribution in [-0.2, 0) is 19.0 Å². The van der Waals surface area contributed by atoms with E-state index in [4.69, 9.17) is 14.2 Å². The summed E-state index contributed by atoms with van der Waals surface area (Å²) in [7, 11) is 0. The number of carbonyl (C=O) groups excluding carboxylic acids is 3. The van der Waals surface area contributed by atoms with Crippen molar-refractivity contribution >= 4 is 84.6 Å². The number of rotatable bonds is 7. The molecule has 0 heterocycles. The molecule has 0 saturated heterocycles. The number of fused-ring (bicyclic) bond motifs is 2. The lowest BCUT2D eigenvalue weighted by atomic mass is 10.1. The Kier molecular flexibility index (Phi) is 8.22. The second kappa shape index (κ2) is 11.3. The molecule has 0 bridgehead atoms. The summed E-state index contributed by atoms with van der Waals surface area (Å²) < 4.78 is 17.6. The van der Waals surface area contributed by atoms with Crippen LogP contribution in [0.2, 0.25) is 0 Å². The van der Waals surface area contributed by atoms with Gasteiger partial charge < -0.3 is 14.2 Å². The predicted octanol–water partition coefficient (Wildman–Crippen LogP) is 6.15. The van der Waals surface area contributed by atoms with Gasteiger partial charge in [-0.1, -0.05) is 60.7 Å². The molecule has 0 aliphatic rings. The molecule has 6 nitrogen and oxygen atoms in total. The van der Waals surface area contributed by atoms with Crippen molar-refractivity contribution < 1.29 is 28.6 Å². The Morgan fingerprint density at radius 2 is 1.11 bits per heavy atom. The molecule has 0 aromatic heterocycles. The van der Waals surface area contributed by atoms with Crippen molar-refractivity contribution in [1.29, 1.82) is 0 Å². The number of carbonyl (C=O) groups is 3. The highest BCUT2D eigenvalue weighted by atomic mass is 127. The predicted molar refractivity (Wildman–Crippen MR) is 149 cm³/mol. The van der Waals surface area contributed by atoms with Gasteiger partial charge in [-0.15, -0.1) is 0 Å². The second-order valence-corrected chi connectivity index (χ2v) is 9.88. The number of hydrogen-bond acceptors (Lipinski definition) is 6. The van der Waals surface area contributed by atoms with E-state index >= 15 is 0 Å². The monoisotopic (exact) mass is 694 g/mol. The van der Waals surface area contributed by atoms with Crippen LogP contribution in [0.15, 0.2) is 72.8 Å². The maximum atomic E-state index is 12.8. The Labute approximate surface area is 229 Å². The van der Waals surface area contributed by atoms with Crippen molar-refractivity contribution in [2.45, 2.75) is 13.0 Å². The summed E-state index contributed by atoms with van der Waals surface area (Å²) in [6.07, 6.45) is -0.934. The molecule has 0 fully saturated rings. The summed E-state index contributed by atoms with van der Waals surface area (Å²) in [6.45, 7) is 0.752. The molecule has 178 valence electrons. The quantitative estimate of drug-likeness (QED) is 0.131. The third-order valence-electron chi connectivity index (χ3n) is 5.30. The average Bonchev–Trinajstić information content (AvgIpc) is 2.86. The Morgan fingerprint density at radius 1 is 0.686 bits per heavy atom. The number of hydrogen-bond donors (Lipinski definition) is 0.